The number of ether oxygens (including phenoxy) is 4. The molecule has 1 amide bonds. The molecule has 0 fully saturated rings. The number of benzene rings is 3. The van der Waals surface area contributed by atoms with Crippen molar-refractivity contribution in [2.24, 2.45) is 5.10 Å². The van der Waals surface area contributed by atoms with Crippen molar-refractivity contribution in [1.29, 1.82) is 0 Å². The lowest BCUT2D eigenvalue weighted by atomic mass is 10.2. The van der Waals surface area contributed by atoms with Gasteiger partial charge >= 0.3 is 0 Å². The van der Waals surface area contributed by atoms with Crippen LogP contribution >= 0.6 is 31.9 Å². The van der Waals surface area contributed by atoms with Crippen molar-refractivity contribution < 1.29 is 23.7 Å². The number of halogens is 2. The first kappa shape index (κ1) is 23.1. The molecule has 1 aliphatic heterocycles. The van der Waals surface area contributed by atoms with Crippen molar-refractivity contribution in [2.75, 3.05) is 13.4 Å². The van der Waals surface area contributed by atoms with E-state index in [-0.39, 0.29) is 12.7 Å². The Balaban J connectivity index is 1.44. The highest BCUT2D eigenvalue weighted by Gasteiger charge is 2.16. The number of amides is 1. The number of hydrogen-bond acceptors (Lipinski definition) is 6. The van der Waals surface area contributed by atoms with Gasteiger partial charge in [-0.1, -0.05) is 28.1 Å². The van der Waals surface area contributed by atoms with Crippen LogP contribution in [0.15, 0.2) is 68.6 Å². The van der Waals surface area contributed by atoms with E-state index in [1.165, 1.54) is 6.21 Å². The van der Waals surface area contributed by atoms with Gasteiger partial charge in [-0.05, 0) is 76.4 Å². The second-order valence-electron chi connectivity index (χ2n) is 6.95. The Kier molecular flexibility index (Phi) is 7.51. The quantitative estimate of drug-likeness (QED) is 0.276. The van der Waals surface area contributed by atoms with E-state index in [0.29, 0.717) is 46.2 Å². The van der Waals surface area contributed by atoms with Gasteiger partial charge in [-0.15, -0.1) is 0 Å². The molecule has 0 saturated carbocycles. The van der Waals surface area contributed by atoms with Crippen LogP contribution in [-0.4, -0.2) is 25.5 Å². The molecule has 4 rings (SSSR count). The molecule has 0 aromatic heterocycles. The molecule has 1 heterocycles. The van der Waals surface area contributed by atoms with Crippen LogP contribution in [-0.2, 0) is 6.61 Å². The molecule has 170 valence electrons. The molecule has 0 radical (unpaired) electrons. The van der Waals surface area contributed by atoms with Crippen LogP contribution in [0.2, 0.25) is 0 Å². The molecule has 0 saturated heterocycles. The minimum absolute atomic E-state index is 0.151. The molecule has 1 aliphatic rings. The largest absolute Gasteiger partial charge is 0.490 e. The average Bonchev–Trinajstić information content (AvgIpc) is 3.28. The fourth-order valence-corrected chi connectivity index (χ4v) is 3.91. The predicted octanol–water partition coefficient (Wildman–Crippen LogP) is 5.68. The van der Waals surface area contributed by atoms with E-state index in [0.717, 1.165) is 15.6 Å². The molecular formula is C24H20Br2N2O5. The molecule has 0 bridgehead atoms. The molecule has 3 aromatic carbocycles. The van der Waals surface area contributed by atoms with Crippen molar-refractivity contribution in [3.05, 3.63) is 80.2 Å². The predicted molar refractivity (Wildman–Crippen MR) is 131 cm³/mol. The van der Waals surface area contributed by atoms with Crippen molar-refractivity contribution in [3.8, 4) is 23.0 Å². The first-order valence-electron chi connectivity index (χ1n) is 10.1. The van der Waals surface area contributed by atoms with Crippen LogP contribution in [0.1, 0.15) is 28.4 Å². The maximum atomic E-state index is 12.4. The normalized spacial score (nSPS) is 12.1. The summed E-state index contributed by atoms with van der Waals surface area (Å²) in [4.78, 5) is 12.4. The molecule has 33 heavy (non-hydrogen) atoms. The van der Waals surface area contributed by atoms with E-state index < -0.39 is 0 Å². The minimum Gasteiger partial charge on any atom is -0.490 e. The van der Waals surface area contributed by atoms with Gasteiger partial charge in [0.25, 0.3) is 5.91 Å². The monoisotopic (exact) mass is 574 g/mol. The van der Waals surface area contributed by atoms with E-state index in [1.54, 1.807) is 24.3 Å². The summed E-state index contributed by atoms with van der Waals surface area (Å²) in [7, 11) is 0. The van der Waals surface area contributed by atoms with Gasteiger partial charge < -0.3 is 18.9 Å². The second-order valence-corrected chi connectivity index (χ2v) is 8.72. The zero-order chi connectivity index (χ0) is 23.2. The number of carbonyl (C=O) groups is 1. The summed E-state index contributed by atoms with van der Waals surface area (Å²) >= 11 is 6.98. The Hall–Kier alpha value is -3.04. The van der Waals surface area contributed by atoms with Crippen LogP contribution in [0.5, 0.6) is 23.0 Å². The summed E-state index contributed by atoms with van der Waals surface area (Å²) in [5.74, 6) is 1.97. The molecule has 9 heteroatoms. The van der Waals surface area contributed by atoms with Crippen LogP contribution < -0.4 is 24.4 Å². The summed E-state index contributed by atoms with van der Waals surface area (Å²) in [6, 6.07) is 16.5. The van der Waals surface area contributed by atoms with Crippen molar-refractivity contribution >= 4 is 44.0 Å². The van der Waals surface area contributed by atoms with Gasteiger partial charge in [0.05, 0.1) is 17.3 Å². The standard InChI is InChI=1S/C24H20Br2N2O5/c1-2-30-22-10-16(9-19(26)23(22)31-13-15-3-6-18(25)7-4-15)12-27-28-24(29)17-5-8-20-21(11-17)33-14-32-20/h3-12H,2,13-14H2,1H3,(H,28,29)/b27-12-. The molecule has 0 aliphatic carbocycles. The number of hydrogen-bond donors (Lipinski definition) is 1. The Labute approximate surface area is 207 Å². The maximum absolute atomic E-state index is 12.4. The molecule has 0 spiro atoms. The second kappa shape index (κ2) is 10.7. The van der Waals surface area contributed by atoms with Gasteiger partial charge in [0, 0.05) is 10.0 Å². The van der Waals surface area contributed by atoms with Crippen molar-refractivity contribution in [1.82, 2.24) is 5.43 Å². The lowest BCUT2D eigenvalue weighted by molar-refractivity contribution is 0.0954. The number of nitrogens with zero attached hydrogens (tertiary/aromatic N) is 1. The lowest BCUT2D eigenvalue weighted by Gasteiger charge is -2.14. The Morgan fingerprint density at radius 3 is 2.64 bits per heavy atom. The van der Waals surface area contributed by atoms with Crippen LogP contribution in [0.3, 0.4) is 0 Å². The number of nitrogens with one attached hydrogen (secondary N) is 1. The van der Waals surface area contributed by atoms with Crippen molar-refractivity contribution in [3.63, 3.8) is 0 Å². The highest BCUT2D eigenvalue weighted by atomic mass is 79.9. The summed E-state index contributed by atoms with van der Waals surface area (Å²) in [5.41, 5.74) is 4.70. The van der Waals surface area contributed by atoms with Gasteiger partial charge in [0.2, 0.25) is 6.79 Å². The molecule has 3 aromatic rings. The third-order valence-corrected chi connectivity index (χ3v) is 5.76. The van der Waals surface area contributed by atoms with E-state index in [9.17, 15) is 4.79 Å². The topological polar surface area (TPSA) is 78.4 Å². The fraction of sp³-hybridized carbons (Fsp3) is 0.167. The summed E-state index contributed by atoms with van der Waals surface area (Å²) < 4.78 is 24.1. The molecule has 0 atom stereocenters. The number of rotatable bonds is 8. The maximum Gasteiger partial charge on any atom is 0.271 e. The molecular weight excluding hydrogens is 556 g/mol. The van der Waals surface area contributed by atoms with Gasteiger partial charge in [-0.2, -0.15) is 5.10 Å². The Bertz CT molecular complexity index is 1180. The first-order valence-corrected chi connectivity index (χ1v) is 11.7. The zero-order valence-corrected chi connectivity index (χ0v) is 20.8. The van der Waals surface area contributed by atoms with Gasteiger partial charge in [0.1, 0.15) is 6.61 Å². The smallest absolute Gasteiger partial charge is 0.271 e. The zero-order valence-electron chi connectivity index (χ0n) is 17.6. The Morgan fingerprint density at radius 1 is 1.06 bits per heavy atom. The van der Waals surface area contributed by atoms with Crippen molar-refractivity contribution in [2.45, 2.75) is 13.5 Å². The summed E-state index contributed by atoms with van der Waals surface area (Å²) in [5, 5.41) is 4.07. The number of fused-ring (bicyclic) bond motifs is 1. The highest BCUT2D eigenvalue weighted by molar-refractivity contribution is 9.10. The SMILES string of the molecule is CCOc1cc(/C=N\NC(=O)c2ccc3c(c2)OCO3)cc(Br)c1OCc1ccc(Br)cc1. The van der Waals surface area contributed by atoms with Crippen LogP contribution in [0, 0.1) is 0 Å². The van der Waals surface area contributed by atoms with E-state index in [2.05, 4.69) is 42.4 Å². The van der Waals surface area contributed by atoms with E-state index in [4.69, 9.17) is 18.9 Å². The molecule has 1 N–H and O–H groups in total. The summed E-state index contributed by atoms with van der Waals surface area (Å²) in [6.45, 7) is 2.92. The van der Waals surface area contributed by atoms with Gasteiger partial charge in [0.15, 0.2) is 23.0 Å². The van der Waals surface area contributed by atoms with Gasteiger partial charge in [-0.25, -0.2) is 5.43 Å². The third kappa shape index (κ3) is 5.85. The number of carbonyl (C=O) groups excluding carboxylic acids is 1. The fourth-order valence-electron chi connectivity index (χ4n) is 3.07. The summed E-state index contributed by atoms with van der Waals surface area (Å²) in [6.07, 6.45) is 1.54. The first-order chi connectivity index (χ1) is 16.0. The average molecular weight is 576 g/mol. The van der Waals surface area contributed by atoms with Crippen LogP contribution in [0.25, 0.3) is 0 Å². The Morgan fingerprint density at radius 2 is 1.85 bits per heavy atom. The van der Waals surface area contributed by atoms with Gasteiger partial charge in [-0.3, -0.25) is 4.79 Å². The minimum atomic E-state index is -0.358. The molecule has 0 unspecified atom stereocenters. The molecule has 7 nitrogen and oxygen atoms in total. The van der Waals surface area contributed by atoms with E-state index >= 15 is 0 Å². The third-order valence-electron chi connectivity index (χ3n) is 4.64. The number of hydrazone groups is 1. The highest BCUT2D eigenvalue weighted by Crippen LogP contribution is 2.37. The lowest BCUT2D eigenvalue weighted by Crippen LogP contribution is -2.17. The van der Waals surface area contributed by atoms with Crippen LogP contribution in [0.4, 0.5) is 0 Å². The van der Waals surface area contributed by atoms with E-state index in [1.807, 2.05) is 37.3 Å².